The van der Waals surface area contributed by atoms with E-state index < -0.39 is 0 Å². The highest BCUT2D eigenvalue weighted by molar-refractivity contribution is 9.10. The minimum absolute atomic E-state index is 1.09. The van der Waals surface area contributed by atoms with Gasteiger partial charge in [-0.05, 0) is 114 Å². The zero-order chi connectivity index (χ0) is 25.5. The number of anilines is 3. The fourth-order valence-corrected chi connectivity index (χ4v) is 5.69. The van der Waals surface area contributed by atoms with Crippen LogP contribution in [0.2, 0.25) is 0 Å². The fourth-order valence-electron chi connectivity index (χ4n) is 4.97. The number of rotatable bonds is 4. The van der Waals surface area contributed by atoms with Crippen molar-refractivity contribution in [3.8, 4) is 11.1 Å². The Morgan fingerprint density at radius 3 is 1.32 bits per heavy atom. The van der Waals surface area contributed by atoms with Crippen molar-refractivity contribution >= 4 is 60.6 Å². The van der Waals surface area contributed by atoms with Crippen LogP contribution in [-0.4, -0.2) is 0 Å². The SMILES string of the molecule is Cc1ccc(N(c2ccc(C)cc2)c2ccc(C=C3c4cc(Br)ccc4-c4ccc(Br)cc43)cc2)cc1. The fraction of sp³-hybridized carbons (Fsp3) is 0.0588. The molecule has 0 amide bonds. The van der Waals surface area contributed by atoms with Crippen LogP contribution in [0, 0.1) is 13.8 Å². The second-order valence-corrected chi connectivity index (χ2v) is 11.4. The van der Waals surface area contributed by atoms with Crippen molar-refractivity contribution < 1.29 is 0 Å². The van der Waals surface area contributed by atoms with Crippen molar-refractivity contribution in [2.75, 3.05) is 4.90 Å². The molecule has 3 heteroatoms. The number of nitrogens with zero attached hydrogens (tertiary/aromatic N) is 1. The highest BCUT2D eigenvalue weighted by Crippen LogP contribution is 2.47. The van der Waals surface area contributed by atoms with Gasteiger partial charge in [0.1, 0.15) is 0 Å². The molecule has 6 rings (SSSR count). The third-order valence-corrected chi connectivity index (χ3v) is 7.87. The second kappa shape index (κ2) is 9.81. The van der Waals surface area contributed by atoms with Crippen molar-refractivity contribution in [3.63, 3.8) is 0 Å². The van der Waals surface area contributed by atoms with Gasteiger partial charge in [0.25, 0.3) is 0 Å². The van der Waals surface area contributed by atoms with Crippen LogP contribution in [0.1, 0.15) is 27.8 Å². The van der Waals surface area contributed by atoms with E-state index in [-0.39, 0.29) is 0 Å². The average Bonchev–Trinajstić information content (AvgIpc) is 3.19. The van der Waals surface area contributed by atoms with Crippen molar-refractivity contribution in [1.82, 2.24) is 0 Å². The van der Waals surface area contributed by atoms with Crippen LogP contribution in [-0.2, 0) is 0 Å². The number of aryl methyl sites for hydroxylation is 2. The Bertz CT molecular complexity index is 1530. The van der Waals surface area contributed by atoms with Gasteiger partial charge in [0, 0.05) is 26.0 Å². The molecule has 0 spiro atoms. The highest BCUT2D eigenvalue weighted by atomic mass is 79.9. The van der Waals surface area contributed by atoms with Gasteiger partial charge < -0.3 is 4.90 Å². The van der Waals surface area contributed by atoms with Gasteiger partial charge in [-0.3, -0.25) is 0 Å². The summed E-state index contributed by atoms with van der Waals surface area (Å²) in [5.74, 6) is 0. The summed E-state index contributed by atoms with van der Waals surface area (Å²) >= 11 is 7.35. The topological polar surface area (TPSA) is 3.24 Å². The zero-order valence-electron chi connectivity index (χ0n) is 20.7. The molecule has 0 unspecified atom stereocenters. The summed E-state index contributed by atoms with van der Waals surface area (Å²) in [7, 11) is 0. The molecular formula is C34H25Br2N. The van der Waals surface area contributed by atoms with E-state index in [1.54, 1.807) is 0 Å². The number of benzene rings is 5. The molecule has 180 valence electrons. The van der Waals surface area contributed by atoms with E-state index in [1.807, 2.05) is 0 Å². The molecule has 1 aliphatic rings. The van der Waals surface area contributed by atoms with Gasteiger partial charge >= 0.3 is 0 Å². The number of hydrogen-bond acceptors (Lipinski definition) is 1. The third-order valence-electron chi connectivity index (χ3n) is 6.88. The molecule has 0 heterocycles. The smallest absolute Gasteiger partial charge is 0.0462 e. The average molecular weight is 607 g/mol. The molecule has 1 aliphatic carbocycles. The van der Waals surface area contributed by atoms with Gasteiger partial charge in [-0.2, -0.15) is 0 Å². The first kappa shape index (κ1) is 24.0. The van der Waals surface area contributed by atoms with Gasteiger partial charge in [-0.1, -0.05) is 91.5 Å². The van der Waals surface area contributed by atoms with Crippen LogP contribution in [0.5, 0.6) is 0 Å². The highest BCUT2D eigenvalue weighted by Gasteiger charge is 2.24. The van der Waals surface area contributed by atoms with E-state index in [4.69, 9.17) is 0 Å². The lowest BCUT2D eigenvalue weighted by atomic mass is 10.0. The van der Waals surface area contributed by atoms with Gasteiger partial charge in [0.15, 0.2) is 0 Å². The first-order valence-corrected chi connectivity index (χ1v) is 13.9. The molecule has 5 aromatic carbocycles. The van der Waals surface area contributed by atoms with Crippen LogP contribution >= 0.6 is 31.9 Å². The minimum atomic E-state index is 1.09. The molecule has 0 bridgehead atoms. The van der Waals surface area contributed by atoms with Crippen LogP contribution in [0.15, 0.2) is 118 Å². The molecule has 0 aromatic heterocycles. The monoisotopic (exact) mass is 605 g/mol. The summed E-state index contributed by atoms with van der Waals surface area (Å²) in [5, 5.41) is 0. The van der Waals surface area contributed by atoms with Crippen LogP contribution in [0.4, 0.5) is 17.1 Å². The van der Waals surface area contributed by atoms with Crippen molar-refractivity contribution in [1.29, 1.82) is 0 Å². The molecule has 37 heavy (non-hydrogen) atoms. The minimum Gasteiger partial charge on any atom is -0.311 e. The predicted molar refractivity (Wildman–Crippen MR) is 165 cm³/mol. The predicted octanol–water partition coefficient (Wildman–Crippen LogP) is 10.9. The Morgan fingerprint density at radius 2 is 0.892 bits per heavy atom. The molecule has 0 saturated heterocycles. The Hall–Kier alpha value is -3.40. The summed E-state index contributed by atoms with van der Waals surface area (Å²) in [5.41, 5.74) is 13.4. The largest absolute Gasteiger partial charge is 0.311 e. The molecule has 5 aromatic rings. The van der Waals surface area contributed by atoms with Crippen molar-refractivity contribution in [2.24, 2.45) is 0 Å². The van der Waals surface area contributed by atoms with Crippen molar-refractivity contribution in [3.05, 3.63) is 146 Å². The first-order chi connectivity index (χ1) is 18.0. The summed E-state index contributed by atoms with van der Waals surface area (Å²) < 4.78 is 2.18. The molecule has 0 aliphatic heterocycles. The van der Waals surface area contributed by atoms with Gasteiger partial charge in [-0.25, -0.2) is 0 Å². The number of hydrogen-bond donors (Lipinski definition) is 0. The lowest BCUT2D eigenvalue weighted by Crippen LogP contribution is -2.09. The van der Waals surface area contributed by atoms with E-state index in [1.165, 1.54) is 44.5 Å². The third kappa shape index (κ3) is 4.70. The van der Waals surface area contributed by atoms with Gasteiger partial charge in [-0.15, -0.1) is 0 Å². The van der Waals surface area contributed by atoms with E-state index in [0.29, 0.717) is 0 Å². The lowest BCUT2D eigenvalue weighted by molar-refractivity contribution is 1.27. The molecule has 0 N–H and O–H groups in total. The molecule has 0 radical (unpaired) electrons. The van der Waals surface area contributed by atoms with E-state index in [9.17, 15) is 0 Å². The number of halogens is 2. The maximum Gasteiger partial charge on any atom is 0.0462 e. The Kier molecular flexibility index (Phi) is 6.36. The van der Waals surface area contributed by atoms with Crippen LogP contribution in [0.3, 0.4) is 0 Å². The van der Waals surface area contributed by atoms with Crippen LogP contribution in [0.25, 0.3) is 22.8 Å². The maximum atomic E-state index is 3.67. The Balaban J connectivity index is 1.42. The molecule has 0 fully saturated rings. The summed E-state index contributed by atoms with van der Waals surface area (Å²) in [6.07, 6.45) is 2.30. The summed E-state index contributed by atoms with van der Waals surface area (Å²) in [6, 6.07) is 39.4. The standard InChI is InChI=1S/C34H25Br2N/c1-22-3-11-27(12-4-22)37(28-13-5-23(2)6-14-28)29-15-7-24(8-16-29)19-32-33-20-25(35)9-17-30(33)31-18-10-26(36)21-34(31)32/h3-21H,1-2H3. The number of fused-ring (bicyclic) bond motifs is 3. The molecular weight excluding hydrogens is 582 g/mol. The lowest BCUT2D eigenvalue weighted by Gasteiger charge is -2.26. The Labute approximate surface area is 235 Å². The van der Waals surface area contributed by atoms with Crippen molar-refractivity contribution in [2.45, 2.75) is 13.8 Å². The second-order valence-electron chi connectivity index (χ2n) is 9.54. The summed E-state index contributed by atoms with van der Waals surface area (Å²) in [6.45, 7) is 4.25. The quantitative estimate of drug-likeness (QED) is 0.193. The van der Waals surface area contributed by atoms with Crippen LogP contribution < -0.4 is 4.90 Å². The molecule has 1 nitrogen and oxygen atoms in total. The normalized spacial score (nSPS) is 11.7. The first-order valence-electron chi connectivity index (χ1n) is 12.3. The molecule has 0 atom stereocenters. The van der Waals surface area contributed by atoms with E-state index in [2.05, 4.69) is 166 Å². The maximum absolute atomic E-state index is 3.67. The summed E-state index contributed by atoms with van der Waals surface area (Å²) in [4.78, 5) is 2.31. The van der Waals surface area contributed by atoms with Gasteiger partial charge in [0.2, 0.25) is 0 Å². The van der Waals surface area contributed by atoms with Gasteiger partial charge in [0.05, 0.1) is 0 Å². The Morgan fingerprint density at radius 1 is 0.486 bits per heavy atom. The molecule has 0 saturated carbocycles. The van der Waals surface area contributed by atoms with E-state index in [0.717, 1.165) is 26.0 Å². The van der Waals surface area contributed by atoms with E-state index >= 15 is 0 Å². The zero-order valence-corrected chi connectivity index (χ0v) is 23.8.